The summed E-state index contributed by atoms with van der Waals surface area (Å²) in [6, 6.07) is 6.53. The summed E-state index contributed by atoms with van der Waals surface area (Å²) in [7, 11) is 2.17. The predicted octanol–water partition coefficient (Wildman–Crippen LogP) is 2.64. The lowest BCUT2D eigenvalue weighted by atomic mass is 10.1. The molecule has 202 valence electrons. The average molecular weight is 545 g/mol. The standard InChI is InChI=1S/C27H32N10OS/c1-18-15-20(35-9-7-34(2)8-10-35)3-4-22(18)31-27(39)37-6-5-21-23(19-16-29-25(28)30-17-19)32-26(33-24(21)37)36-11-13-38-14-12-36/h3-4,11,13,15-17H,5-10,12,14H2,1-2H3,(H,31,39)(H2,28,29,30). The number of aromatic nitrogens is 4. The van der Waals surface area contributed by atoms with E-state index in [0.717, 1.165) is 66.5 Å². The molecule has 0 amide bonds. The Bertz CT molecular complexity index is 1400. The number of thiocarbonyl (C=S) groups is 1. The second-order valence-corrected chi connectivity index (χ2v) is 10.4. The van der Waals surface area contributed by atoms with Gasteiger partial charge in [-0.15, -0.1) is 0 Å². The van der Waals surface area contributed by atoms with Crippen LogP contribution in [0.3, 0.4) is 0 Å². The minimum atomic E-state index is 0.224. The lowest BCUT2D eigenvalue weighted by molar-refractivity contribution is 0.245. The van der Waals surface area contributed by atoms with Gasteiger partial charge in [-0.3, -0.25) is 0 Å². The van der Waals surface area contributed by atoms with E-state index >= 15 is 0 Å². The van der Waals surface area contributed by atoms with Gasteiger partial charge in [-0.2, -0.15) is 4.98 Å². The van der Waals surface area contributed by atoms with Crippen LogP contribution < -0.4 is 25.8 Å². The quantitative estimate of drug-likeness (QED) is 0.471. The second kappa shape index (κ2) is 10.6. The zero-order chi connectivity index (χ0) is 26.9. The molecule has 0 unspecified atom stereocenters. The topological polar surface area (TPSA) is 112 Å². The number of benzene rings is 1. The van der Waals surface area contributed by atoms with E-state index in [1.165, 1.54) is 5.69 Å². The molecular formula is C27H32N10OS. The van der Waals surface area contributed by atoms with Gasteiger partial charge >= 0.3 is 0 Å². The van der Waals surface area contributed by atoms with Crippen molar-refractivity contribution in [1.29, 1.82) is 0 Å². The first-order valence-corrected chi connectivity index (χ1v) is 13.5. The molecule has 0 bridgehead atoms. The minimum absolute atomic E-state index is 0.224. The first kappa shape index (κ1) is 25.3. The van der Waals surface area contributed by atoms with Crippen molar-refractivity contribution in [3.05, 3.63) is 54.2 Å². The number of nitrogens with zero attached hydrogens (tertiary/aromatic N) is 8. The summed E-state index contributed by atoms with van der Waals surface area (Å²) in [6.45, 7) is 8.24. The van der Waals surface area contributed by atoms with Gasteiger partial charge in [0.15, 0.2) is 5.11 Å². The molecule has 39 heavy (non-hydrogen) atoms. The van der Waals surface area contributed by atoms with E-state index in [2.05, 4.69) is 62.2 Å². The number of likely N-dealkylation sites (N-methyl/N-ethyl adjacent to an activating group) is 1. The third-order valence-electron chi connectivity index (χ3n) is 7.37. The van der Waals surface area contributed by atoms with Crippen LogP contribution in [-0.4, -0.2) is 82.9 Å². The highest BCUT2D eigenvalue weighted by Gasteiger charge is 2.30. The van der Waals surface area contributed by atoms with Crippen molar-refractivity contribution in [3.63, 3.8) is 0 Å². The van der Waals surface area contributed by atoms with Crippen molar-refractivity contribution >= 4 is 46.4 Å². The number of hydrogen-bond acceptors (Lipinski definition) is 10. The highest BCUT2D eigenvalue weighted by Crippen LogP contribution is 2.36. The van der Waals surface area contributed by atoms with Crippen molar-refractivity contribution in [1.82, 2.24) is 24.8 Å². The van der Waals surface area contributed by atoms with Crippen molar-refractivity contribution < 1.29 is 4.74 Å². The molecule has 3 N–H and O–H groups in total. The predicted molar refractivity (Wildman–Crippen MR) is 158 cm³/mol. The van der Waals surface area contributed by atoms with Gasteiger partial charge in [0.2, 0.25) is 11.9 Å². The van der Waals surface area contributed by atoms with E-state index in [1.54, 1.807) is 18.7 Å². The molecule has 1 fully saturated rings. The van der Waals surface area contributed by atoms with Gasteiger partial charge in [0, 0.05) is 73.8 Å². The van der Waals surface area contributed by atoms with E-state index in [-0.39, 0.29) is 5.95 Å². The second-order valence-electron chi connectivity index (χ2n) is 9.97. The van der Waals surface area contributed by atoms with E-state index in [4.69, 9.17) is 32.7 Å². The Hall–Kier alpha value is -4.03. The van der Waals surface area contributed by atoms with Crippen LogP contribution in [0, 0.1) is 6.92 Å². The summed E-state index contributed by atoms with van der Waals surface area (Å²) >= 11 is 5.93. The molecule has 1 saturated heterocycles. The molecule has 0 aliphatic carbocycles. The Balaban J connectivity index is 1.28. The number of nitrogens with two attached hydrogens (primary N) is 1. The van der Waals surface area contributed by atoms with E-state index < -0.39 is 0 Å². The number of ether oxygens (including phenoxy) is 1. The molecule has 3 aliphatic rings. The van der Waals surface area contributed by atoms with Gasteiger partial charge in [0.05, 0.1) is 18.5 Å². The maximum atomic E-state index is 5.93. The van der Waals surface area contributed by atoms with Crippen molar-refractivity contribution in [2.45, 2.75) is 13.3 Å². The Morgan fingerprint density at radius 2 is 1.85 bits per heavy atom. The van der Waals surface area contributed by atoms with Crippen LogP contribution in [0.25, 0.3) is 11.3 Å². The fourth-order valence-corrected chi connectivity index (χ4v) is 5.37. The Kier molecular flexibility index (Phi) is 6.88. The average Bonchev–Trinajstić information content (AvgIpc) is 3.39. The molecule has 1 aromatic carbocycles. The highest BCUT2D eigenvalue weighted by atomic mass is 32.1. The van der Waals surface area contributed by atoms with Gasteiger partial charge in [0.25, 0.3) is 0 Å². The summed E-state index contributed by atoms with van der Waals surface area (Å²) in [4.78, 5) is 27.1. The summed E-state index contributed by atoms with van der Waals surface area (Å²) in [5, 5.41) is 4.08. The first-order chi connectivity index (χ1) is 19.0. The molecule has 2 aromatic heterocycles. The maximum Gasteiger partial charge on any atom is 0.232 e. The normalized spacial score (nSPS) is 17.2. The Labute approximate surface area is 233 Å². The van der Waals surface area contributed by atoms with Gasteiger partial charge < -0.3 is 35.4 Å². The minimum Gasteiger partial charge on any atom is -0.498 e. The molecule has 3 aromatic rings. The number of aryl methyl sites for hydroxylation is 1. The molecule has 5 heterocycles. The maximum absolute atomic E-state index is 5.93. The van der Waals surface area contributed by atoms with Crippen molar-refractivity contribution in [2.24, 2.45) is 0 Å². The van der Waals surface area contributed by atoms with Crippen LogP contribution in [0.4, 0.5) is 29.1 Å². The lowest BCUT2D eigenvalue weighted by Gasteiger charge is -2.34. The third-order valence-corrected chi connectivity index (χ3v) is 7.69. The van der Waals surface area contributed by atoms with Crippen LogP contribution in [-0.2, 0) is 11.2 Å². The number of fused-ring (bicyclic) bond motifs is 1. The van der Waals surface area contributed by atoms with E-state index in [9.17, 15) is 0 Å². The molecule has 0 atom stereocenters. The Morgan fingerprint density at radius 3 is 2.56 bits per heavy atom. The molecular weight excluding hydrogens is 512 g/mol. The summed E-state index contributed by atoms with van der Waals surface area (Å²) in [6.07, 6.45) is 7.65. The summed E-state index contributed by atoms with van der Waals surface area (Å²) in [5.41, 5.74) is 11.7. The summed E-state index contributed by atoms with van der Waals surface area (Å²) in [5.74, 6) is 1.58. The lowest BCUT2D eigenvalue weighted by Crippen LogP contribution is -2.44. The smallest absolute Gasteiger partial charge is 0.232 e. The zero-order valence-corrected chi connectivity index (χ0v) is 23.0. The molecule has 0 radical (unpaired) electrons. The van der Waals surface area contributed by atoms with Gasteiger partial charge in [-0.1, -0.05) is 0 Å². The number of hydrogen-bond donors (Lipinski definition) is 2. The van der Waals surface area contributed by atoms with Crippen molar-refractivity contribution in [2.75, 3.05) is 78.7 Å². The third kappa shape index (κ3) is 5.17. The van der Waals surface area contributed by atoms with Crippen LogP contribution >= 0.6 is 12.2 Å². The molecule has 3 aliphatic heterocycles. The van der Waals surface area contributed by atoms with E-state index in [0.29, 0.717) is 30.8 Å². The fraction of sp³-hybridized carbons (Fsp3) is 0.370. The number of anilines is 5. The molecule has 0 spiro atoms. The SMILES string of the molecule is Cc1cc(N2CCN(C)CC2)ccc1NC(=S)N1CCc2c(-c3cnc(N)nc3)nc(N3C=COCC3)nc21. The van der Waals surface area contributed by atoms with Gasteiger partial charge in [-0.25, -0.2) is 15.0 Å². The Morgan fingerprint density at radius 1 is 1.05 bits per heavy atom. The molecule has 0 saturated carbocycles. The molecule has 11 nitrogen and oxygen atoms in total. The van der Waals surface area contributed by atoms with Gasteiger partial charge in [0.1, 0.15) is 12.4 Å². The van der Waals surface area contributed by atoms with Crippen molar-refractivity contribution in [3.8, 4) is 11.3 Å². The first-order valence-electron chi connectivity index (χ1n) is 13.1. The fourth-order valence-electron chi connectivity index (χ4n) is 5.08. The van der Waals surface area contributed by atoms with Crippen LogP contribution in [0.1, 0.15) is 11.1 Å². The number of nitrogen functional groups attached to an aromatic ring is 1. The van der Waals surface area contributed by atoms with Crippen LogP contribution in [0.5, 0.6) is 0 Å². The van der Waals surface area contributed by atoms with Crippen LogP contribution in [0.15, 0.2) is 43.1 Å². The number of piperazine rings is 1. The highest BCUT2D eigenvalue weighted by molar-refractivity contribution is 7.80. The monoisotopic (exact) mass is 544 g/mol. The largest absolute Gasteiger partial charge is 0.498 e. The number of nitrogens with one attached hydrogen (secondary N) is 1. The zero-order valence-electron chi connectivity index (χ0n) is 22.2. The van der Waals surface area contributed by atoms with E-state index in [1.807, 2.05) is 11.1 Å². The van der Waals surface area contributed by atoms with Crippen LogP contribution in [0.2, 0.25) is 0 Å². The molecule has 12 heteroatoms. The van der Waals surface area contributed by atoms with Gasteiger partial charge in [-0.05, 0) is 56.4 Å². The number of rotatable bonds is 4. The molecule has 6 rings (SSSR count). The summed E-state index contributed by atoms with van der Waals surface area (Å²) < 4.78 is 5.37.